The molecule has 4 aromatic rings. The normalized spacial score (nSPS) is 11.1. The molecule has 0 spiro atoms. The first-order valence-electron chi connectivity index (χ1n) is 9.48. The molecule has 7 heteroatoms. The highest BCUT2D eigenvalue weighted by atomic mass is 35.5. The Morgan fingerprint density at radius 2 is 1.74 bits per heavy atom. The Kier molecular flexibility index (Phi) is 6.03. The number of hydrogen-bond donors (Lipinski definition) is 0. The van der Waals surface area contributed by atoms with Crippen molar-refractivity contribution in [1.82, 2.24) is 0 Å². The molecule has 0 aliphatic carbocycles. The Morgan fingerprint density at radius 3 is 2.48 bits per heavy atom. The van der Waals surface area contributed by atoms with Crippen molar-refractivity contribution in [3.63, 3.8) is 0 Å². The highest BCUT2D eigenvalue weighted by molar-refractivity contribution is 7.19. The van der Waals surface area contributed by atoms with Crippen LogP contribution in [0.2, 0.25) is 5.02 Å². The molecule has 0 saturated carbocycles. The van der Waals surface area contributed by atoms with Crippen molar-refractivity contribution in [1.29, 1.82) is 0 Å². The quantitative estimate of drug-likeness (QED) is 0.290. The maximum atomic E-state index is 14.7. The summed E-state index contributed by atoms with van der Waals surface area (Å²) < 4.78 is 48.4. The minimum atomic E-state index is -0.558. The zero-order valence-electron chi connectivity index (χ0n) is 16.3. The summed E-state index contributed by atoms with van der Waals surface area (Å²) in [5.41, 5.74) is 1.50. The molecule has 0 aliphatic rings. The fourth-order valence-corrected chi connectivity index (χ4v) is 4.90. The molecule has 0 atom stereocenters. The van der Waals surface area contributed by atoms with Crippen molar-refractivity contribution in [2.45, 2.75) is 13.3 Å². The second kappa shape index (κ2) is 8.73. The van der Waals surface area contributed by atoms with Crippen molar-refractivity contribution < 1.29 is 22.7 Å². The smallest absolute Gasteiger partial charge is 0.338 e. The van der Waals surface area contributed by atoms with Gasteiger partial charge in [-0.15, -0.1) is 11.3 Å². The summed E-state index contributed by atoms with van der Waals surface area (Å²) in [5, 5.41) is 0.613. The lowest BCUT2D eigenvalue weighted by Gasteiger charge is -2.08. The number of ether oxygens (including phenoxy) is 1. The van der Waals surface area contributed by atoms with E-state index in [9.17, 15) is 18.0 Å². The van der Waals surface area contributed by atoms with Crippen LogP contribution in [-0.4, -0.2) is 12.6 Å². The van der Waals surface area contributed by atoms with E-state index in [-0.39, 0.29) is 22.8 Å². The summed E-state index contributed by atoms with van der Waals surface area (Å²) >= 11 is 7.21. The molecule has 1 aromatic heterocycles. The van der Waals surface area contributed by atoms with E-state index in [2.05, 4.69) is 0 Å². The molecule has 4 rings (SSSR count). The zero-order chi connectivity index (χ0) is 22.1. The lowest BCUT2D eigenvalue weighted by molar-refractivity contribution is 0.0526. The fraction of sp³-hybridized carbons (Fsp3) is 0.125. The molecular formula is C24H16ClF3O2S. The van der Waals surface area contributed by atoms with Crippen molar-refractivity contribution in [2.24, 2.45) is 0 Å². The van der Waals surface area contributed by atoms with Crippen LogP contribution in [0.1, 0.15) is 27.7 Å². The third kappa shape index (κ3) is 4.45. The molecule has 0 bridgehead atoms. The zero-order valence-corrected chi connectivity index (χ0v) is 17.9. The van der Waals surface area contributed by atoms with E-state index in [1.807, 2.05) is 0 Å². The number of fused-ring (bicyclic) bond motifs is 1. The van der Waals surface area contributed by atoms with Gasteiger partial charge in [-0.05, 0) is 67.1 Å². The van der Waals surface area contributed by atoms with Crippen LogP contribution in [0.15, 0.2) is 54.6 Å². The van der Waals surface area contributed by atoms with E-state index >= 15 is 0 Å². The van der Waals surface area contributed by atoms with Gasteiger partial charge < -0.3 is 4.74 Å². The van der Waals surface area contributed by atoms with E-state index < -0.39 is 23.4 Å². The molecule has 1 heterocycles. The topological polar surface area (TPSA) is 26.3 Å². The van der Waals surface area contributed by atoms with Crippen molar-refractivity contribution in [3.8, 4) is 11.1 Å². The summed E-state index contributed by atoms with van der Waals surface area (Å²) in [6, 6.07) is 12.6. The van der Waals surface area contributed by atoms with E-state index in [4.69, 9.17) is 16.3 Å². The van der Waals surface area contributed by atoms with Crippen LogP contribution >= 0.6 is 22.9 Å². The van der Waals surface area contributed by atoms with E-state index in [1.54, 1.807) is 19.1 Å². The van der Waals surface area contributed by atoms with Gasteiger partial charge in [0.1, 0.15) is 17.5 Å². The van der Waals surface area contributed by atoms with Gasteiger partial charge in [-0.2, -0.15) is 0 Å². The van der Waals surface area contributed by atoms with Gasteiger partial charge in [-0.1, -0.05) is 11.6 Å². The van der Waals surface area contributed by atoms with Gasteiger partial charge in [-0.3, -0.25) is 0 Å². The Labute approximate surface area is 185 Å². The SMILES string of the molecule is CCOC(=O)c1ccc(F)c(-c2ccc(F)c3cc(Cc4cc(F)cc(Cl)c4)sc23)c1. The Hall–Kier alpha value is -2.83. The van der Waals surface area contributed by atoms with E-state index in [0.29, 0.717) is 27.6 Å². The summed E-state index contributed by atoms with van der Waals surface area (Å²) in [4.78, 5) is 12.8. The lowest BCUT2D eigenvalue weighted by atomic mass is 10.0. The summed E-state index contributed by atoms with van der Waals surface area (Å²) in [5.74, 6) is -1.99. The average molecular weight is 461 g/mol. The van der Waals surface area contributed by atoms with E-state index in [1.165, 1.54) is 53.8 Å². The molecule has 0 N–H and O–H groups in total. The van der Waals surface area contributed by atoms with Gasteiger partial charge in [-0.25, -0.2) is 18.0 Å². The van der Waals surface area contributed by atoms with Crippen molar-refractivity contribution in [3.05, 3.63) is 93.1 Å². The molecule has 0 saturated heterocycles. The Balaban J connectivity index is 1.80. The minimum Gasteiger partial charge on any atom is -0.462 e. The number of esters is 1. The molecule has 0 amide bonds. The van der Waals surface area contributed by atoms with Crippen LogP contribution in [0.25, 0.3) is 21.2 Å². The summed E-state index contributed by atoms with van der Waals surface area (Å²) in [7, 11) is 0. The Bertz CT molecular complexity index is 1280. The maximum absolute atomic E-state index is 14.7. The van der Waals surface area contributed by atoms with Gasteiger partial charge in [0.05, 0.1) is 12.2 Å². The van der Waals surface area contributed by atoms with Crippen LogP contribution in [0, 0.1) is 17.5 Å². The van der Waals surface area contributed by atoms with Gasteiger partial charge in [0.15, 0.2) is 0 Å². The van der Waals surface area contributed by atoms with Crippen molar-refractivity contribution in [2.75, 3.05) is 6.61 Å². The molecule has 0 fully saturated rings. The monoisotopic (exact) mass is 460 g/mol. The van der Waals surface area contributed by atoms with Gasteiger partial charge >= 0.3 is 5.97 Å². The molecule has 2 nitrogen and oxygen atoms in total. The largest absolute Gasteiger partial charge is 0.462 e. The predicted molar refractivity (Wildman–Crippen MR) is 117 cm³/mol. The van der Waals surface area contributed by atoms with Gasteiger partial charge in [0.25, 0.3) is 0 Å². The van der Waals surface area contributed by atoms with E-state index in [0.717, 1.165) is 4.88 Å². The number of rotatable bonds is 5. The minimum absolute atomic E-state index is 0.178. The first-order valence-corrected chi connectivity index (χ1v) is 10.7. The van der Waals surface area contributed by atoms with Crippen LogP contribution in [0.5, 0.6) is 0 Å². The third-order valence-electron chi connectivity index (χ3n) is 4.75. The fourth-order valence-electron chi connectivity index (χ4n) is 3.43. The molecule has 0 unspecified atom stereocenters. The van der Waals surface area contributed by atoms with Crippen molar-refractivity contribution >= 4 is 39.0 Å². The van der Waals surface area contributed by atoms with Gasteiger partial charge in [0, 0.05) is 37.5 Å². The average Bonchev–Trinajstić information content (AvgIpc) is 3.13. The van der Waals surface area contributed by atoms with Crippen LogP contribution in [-0.2, 0) is 11.2 Å². The van der Waals surface area contributed by atoms with Crippen LogP contribution < -0.4 is 0 Å². The van der Waals surface area contributed by atoms with Gasteiger partial charge in [0.2, 0.25) is 0 Å². The number of carbonyl (C=O) groups excluding carboxylic acids is 1. The first-order chi connectivity index (χ1) is 14.9. The number of halogens is 4. The molecular weight excluding hydrogens is 445 g/mol. The van der Waals surface area contributed by atoms with Crippen LogP contribution in [0.3, 0.4) is 0 Å². The number of hydrogen-bond acceptors (Lipinski definition) is 3. The standard InChI is InChI=1S/C24H16ClF3O2S/c1-2-30-24(29)14-3-5-21(27)19(10-14)18-4-6-22(28)20-12-17(31-23(18)20)9-13-7-15(25)11-16(26)8-13/h3-8,10-12H,2,9H2,1H3. The molecule has 0 radical (unpaired) electrons. The highest BCUT2D eigenvalue weighted by Gasteiger charge is 2.17. The maximum Gasteiger partial charge on any atom is 0.338 e. The molecule has 0 aliphatic heterocycles. The Morgan fingerprint density at radius 1 is 0.968 bits per heavy atom. The second-order valence-corrected chi connectivity index (χ2v) is 8.49. The number of benzene rings is 3. The number of carbonyl (C=O) groups is 1. The molecule has 31 heavy (non-hydrogen) atoms. The summed E-state index contributed by atoms with van der Waals surface area (Å²) in [6.45, 7) is 1.88. The second-order valence-electron chi connectivity index (χ2n) is 6.92. The molecule has 3 aromatic carbocycles. The predicted octanol–water partition coefficient (Wildman–Crippen LogP) is 7.41. The first kappa shape index (κ1) is 21.4. The lowest BCUT2D eigenvalue weighted by Crippen LogP contribution is -2.05. The van der Waals surface area contributed by atoms with Crippen LogP contribution in [0.4, 0.5) is 13.2 Å². The third-order valence-corrected chi connectivity index (χ3v) is 6.14. The highest BCUT2D eigenvalue weighted by Crippen LogP contribution is 2.38. The number of thiophene rings is 1. The molecule has 158 valence electrons. The summed E-state index contributed by atoms with van der Waals surface area (Å²) in [6.07, 6.45) is 0.348.